The number of nitrogens with one attached hydrogen (secondary N) is 3. The van der Waals surface area contributed by atoms with Gasteiger partial charge in [0.2, 0.25) is 11.8 Å². The summed E-state index contributed by atoms with van der Waals surface area (Å²) in [6, 6.07) is 1.65. The van der Waals surface area contributed by atoms with Crippen LogP contribution >= 0.6 is 0 Å². The first-order chi connectivity index (χ1) is 21.1. The molecule has 1 saturated heterocycles. The zero-order chi connectivity index (χ0) is 31.8. The number of halogens is 2. The van der Waals surface area contributed by atoms with E-state index in [1.807, 2.05) is 18.9 Å². The number of nitrogens with zero attached hydrogens (tertiary/aromatic N) is 4. The number of aromatic nitrogens is 2. The number of rotatable bonds is 12. The van der Waals surface area contributed by atoms with E-state index in [0.29, 0.717) is 25.3 Å². The maximum absolute atomic E-state index is 15.4. The van der Waals surface area contributed by atoms with Gasteiger partial charge in [-0.2, -0.15) is 5.10 Å². The largest absolute Gasteiger partial charge is 0.376 e. The van der Waals surface area contributed by atoms with E-state index in [4.69, 9.17) is 0 Å². The van der Waals surface area contributed by atoms with Crippen LogP contribution in [-0.4, -0.2) is 93.9 Å². The van der Waals surface area contributed by atoms with Gasteiger partial charge in [-0.3, -0.25) is 24.0 Å². The average Bonchev–Trinajstić information content (AvgIpc) is 3.51. The molecule has 2 fully saturated rings. The van der Waals surface area contributed by atoms with E-state index in [1.165, 1.54) is 10.9 Å². The normalized spacial score (nSPS) is 18.8. The summed E-state index contributed by atoms with van der Waals surface area (Å²) in [4.78, 5) is 42.8. The molecule has 0 spiro atoms. The monoisotopic (exact) mass is 617 g/mol. The average molecular weight is 618 g/mol. The number of carbonyl (C=O) groups excluding carboxylic acids is 3. The third-order valence-corrected chi connectivity index (χ3v) is 8.71. The molecule has 44 heavy (non-hydrogen) atoms. The van der Waals surface area contributed by atoms with Gasteiger partial charge in [0.15, 0.2) is 0 Å². The molecule has 1 aromatic carbocycles. The number of piperazine rings is 1. The summed E-state index contributed by atoms with van der Waals surface area (Å²) < 4.78 is 32.4. The molecule has 1 saturated carbocycles. The molecule has 4 N–H and O–H groups in total. The van der Waals surface area contributed by atoms with Gasteiger partial charge in [0, 0.05) is 51.4 Å². The van der Waals surface area contributed by atoms with Crippen LogP contribution in [0.2, 0.25) is 0 Å². The smallest absolute Gasteiger partial charge is 0.270 e. The lowest BCUT2D eigenvalue weighted by molar-refractivity contribution is -0.124. The molecule has 1 aliphatic carbocycles. The van der Waals surface area contributed by atoms with Gasteiger partial charge in [-0.1, -0.05) is 26.2 Å². The second kappa shape index (κ2) is 15.5. The number of hydrogen-bond acceptors (Lipinski definition) is 7. The quantitative estimate of drug-likeness (QED) is 0.288. The molecule has 4 rings (SSSR count). The Morgan fingerprint density at radius 1 is 1.02 bits per heavy atom. The van der Waals surface area contributed by atoms with Crippen LogP contribution in [-0.2, 0) is 22.6 Å². The topological polar surface area (TPSA) is 132 Å². The van der Waals surface area contributed by atoms with Crippen molar-refractivity contribution in [2.24, 2.45) is 5.92 Å². The number of hydrogen-bond donors (Lipinski definition) is 4. The minimum absolute atomic E-state index is 0.0416. The number of aliphatic hydroxyl groups is 1. The Labute approximate surface area is 257 Å². The Morgan fingerprint density at radius 2 is 1.73 bits per heavy atom. The SMILES string of the molecule is CCC(=O)N[C@H](Cc1cc(F)c(NC(=O)[C@@H](NC(=O)c2ccnn2CC)C2CCCCC2)cc1F)C(O)N1CCN(C)CC1. The first-order valence-corrected chi connectivity index (χ1v) is 15.6. The molecule has 242 valence electrons. The van der Waals surface area contributed by atoms with Crippen molar-refractivity contribution in [1.82, 2.24) is 30.2 Å². The zero-order valence-electron chi connectivity index (χ0n) is 25.8. The predicted octanol–water partition coefficient (Wildman–Crippen LogP) is 2.50. The zero-order valence-corrected chi connectivity index (χ0v) is 25.8. The molecule has 13 heteroatoms. The van der Waals surface area contributed by atoms with Crippen molar-refractivity contribution in [3.8, 4) is 0 Å². The Bertz CT molecular complexity index is 1290. The van der Waals surface area contributed by atoms with Gasteiger partial charge in [-0.25, -0.2) is 8.78 Å². The molecule has 0 radical (unpaired) electrons. The summed E-state index contributed by atoms with van der Waals surface area (Å²) in [5, 5.41) is 23.3. The summed E-state index contributed by atoms with van der Waals surface area (Å²) in [5.74, 6) is -3.20. The fourth-order valence-electron chi connectivity index (χ4n) is 6.03. The van der Waals surface area contributed by atoms with E-state index >= 15 is 8.78 Å². The van der Waals surface area contributed by atoms with Crippen LogP contribution in [0.1, 0.15) is 68.4 Å². The number of aryl methyl sites for hydroxylation is 1. The molecule has 1 aliphatic heterocycles. The lowest BCUT2D eigenvalue weighted by atomic mass is 9.83. The molecule has 0 bridgehead atoms. The van der Waals surface area contributed by atoms with E-state index < -0.39 is 41.8 Å². The van der Waals surface area contributed by atoms with Gasteiger partial charge in [0.05, 0.1) is 11.7 Å². The van der Waals surface area contributed by atoms with Crippen molar-refractivity contribution in [2.75, 3.05) is 38.5 Å². The standard InChI is InChI=1S/C31H45F2N7O4/c1-4-27(41)35-25(31(44)39-15-13-38(3)14-16-39)18-21-17-23(33)24(19-22(21)32)36-30(43)28(20-9-7-6-8-10-20)37-29(42)26-11-12-34-40(26)5-2/h11-12,17,19-20,25,28,31,44H,4-10,13-16,18H2,1-3H3,(H,35,41)(H,36,43)(H,37,42)/t25-,28+,31?/m1/s1. The highest BCUT2D eigenvalue weighted by atomic mass is 19.1. The van der Waals surface area contributed by atoms with Crippen molar-refractivity contribution in [2.45, 2.75) is 83.6 Å². The number of benzene rings is 1. The molecule has 2 aromatic rings. The maximum atomic E-state index is 15.4. The minimum atomic E-state index is -1.09. The molecule has 2 aliphatic rings. The van der Waals surface area contributed by atoms with Crippen LogP contribution in [0.25, 0.3) is 0 Å². The molecule has 11 nitrogen and oxygen atoms in total. The third kappa shape index (κ3) is 8.39. The number of carbonyl (C=O) groups is 3. The highest BCUT2D eigenvalue weighted by Crippen LogP contribution is 2.28. The van der Waals surface area contributed by atoms with E-state index in [2.05, 4.69) is 25.9 Å². The van der Waals surface area contributed by atoms with E-state index in [9.17, 15) is 19.5 Å². The number of aliphatic hydroxyl groups excluding tert-OH is 1. The summed E-state index contributed by atoms with van der Waals surface area (Å²) in [6.45, 7) is 6.59. The summed E-state index contributed by atoms with van der Waals surface area (Å²) in [5.41, 5.74) is -0.0788. The van der Waals surface area contributed by atoms with Crippen LogP contribution in [0.15, 0.2) is 24.4 Å². The Morgan fingerprint density at radius 3 is 2.39 bits per heavy atom. The molecular formula is C31H45F2N7O4. The van der Waals surface area contributed by atoms with Crippen LogP contribution < -0.4 is 16.0 Å². The van der Waals surface area contributed by atoms with Gasteiger partial charge < -0.3 is 26.0 Å². The van der Waals surface area contributed by atoms with Gasteiger partial charge in [-0.05, 0) is 56.8 Å². The van der Waals surface area contributed by atoms with E-state index in [-0.39, 0.29) is 35.9 Å². The van der Waals surface area contributed by atoms with Gasteiger partial charge in [-0.15, -0.1) is 0 Å². The highest BCUT2D eigenvalue weighted by Gasteiger charge is 2.33. The molecular weight excluding hydrogens is 572 g/mol. The predicted molar refractivity (Wildman–Crippen MR) is 162 cm³/mol. The van der Waals surface area contributed by atoms with E-state index in [0.717, 1.165) is 57.3 Å². The van der Waals surface area contributed by atoms with Crippen molar-refractivity contribution in [3.63, 3.8) is 0 Å². The van der Waals surface area contributed by atoms with Crippen molar-refractivity contribution < 1.29 is 28.3 Å². The minimum Gasteiger partial charge on any atom is -0.376 e. The van der Waals surface area contributed by atoms with E-state index in [1.54, 1.807) is 13.0 Å². The number of likely N-dealkylation sites (N-methyl/N-ethyl adjacent to an activating group) is 1. The highest BCUT2D eigenvalue weighted by molar-refractivity contribution is 6.00. The lowest BCUT2D eigenvalue weighted by Gasteiger charge is -2.39. The molecule has 1 aromatic heterocycles. The lowest BCUT2D eigenvalue weighted by Crippen LogP contribution is -2.57. The number of anilines is 1. The molecule has 1 unspecified atom stereocenters. The van der Waals surface area contributed by atoms with Crippen molar-refractivity contribution in [1.29, 1.82) is 0 Å². The first-order valence-electron chi connectivity index (χ1n) is 15.6. The first kappa shape index (κ1) is 33.5. The van der Waals surface area contributed by atoms with Crippen molar-refractivity contribution >= 4 is 23.4 Å². The van der Waals surface area contributed by atoms with Crippen LogP contribution in [0.5, 0.6) is 0 Å². The number of amides is 3. The summed E-state index contributed by atoms with van der Waals surface area (Å²) in [6.07, 6.45) is 4.74. The Hall–Kier alpha value is -3.42. The van der Waals surface area contributed by atoms with Gasteiger partial charge >= 0.3 is 0 Å². The third-order valence-electron chi connectivity index (χ3n) is 8.71. The second-order valence-electron chi connectivity index (χ2n) is 11.8. The van der Waals surface area contributed by atoms with Crippen LogP contribution in [0.3, 0.4) is 0 Å². The Balaban J connectivity index is 1.51. The fourth-order valence-corrected chi connectivity index (χ4v) is 6.03. The maximum Gasteiger partial charge on any atom is 0.270 e. The summed E-state index contributed by atoms with van der Waals surface area (Å²) in [7, 11) is 1.98. The van der Waals surface area contributed by atoms with Gasteiger partial charge in [0.1, 0.15) is 29.6 Å². The molecule has 2 heterocycles. The van der Waals surface area contributed by atoms with Crippen molar-refractivity contribution in [3.05, 3.63) is 47.3 Å². The van der Waals surface area contributed by atoms with Crippen LogP contribution in [0, 0.1) is 17.6 Å². The molecule has 3 atom stereocenters. The fraction of sp³-hybridized carbons (Fsp3) is 0.613. The van der Waals surface area contributed by atoms with Gasteiger partial charge in [0.25, 0.3) is 5.91 Å². The second-order valence-corrected chi connectivity index (χ2v) is 11.8. The summed E-state index contributed by atoms with van der Waals surface area (Å²) >= 11 is 0. The van der Waals surface area contributed by atoms with Crippen LogP contribution in [0.4, 0.5) is 14.5 Å². The molecule has 3 amide bonds. The Kier molecular flexibility index (Phi) is 11.8.